The van der Waals surface area contributed by atoms with Crippen molar-refractivity contribution in [1.82, 2.24) is 14.5 Å². The molecule has 0 spiro atoms. The van der Waals surface area contributed by atoms with Crippen LogP contribution in [-0.4, -0.2) is 101 Å². The highest BCUT2D eigenvalue weighted by Gasteiger charge is 2.45. The molecule has 12 heteroatoms. The molecule has 1 saturated carbocycles. The highest BCUT2D eigenvalue weighted by atomic mass is 35.5. The summed E-state index contributed by atoms with van der Waals surface area (Å²) >= 11 is 6.40. The average Bonchev–Trinajstić information content (AvgIpc) is 3.11. The number of carbonyl (C=O) groups is 1. The fourth-order valence-corrected chi connectivity index (χ4v) is 10.4. The number of nitrogens with one attached hydrogen (secondary N) is 1. The lowest BCUT2D eigenvalue weighted by Crippen LogP contribution is -2.64. The van der Waals surface area contributed by atoms with Crippen molar-refractivity contribution >= 4 is 33.2 Å². The number of halogens is 1. The van der Waals surface area contributed by atoms with Crippen LogP contribution in [0.3, 0.4) is 0 Å². The Hall–Kier alpha value is -2.41. The van der Waals surface area contributed by atoms with Gasteiger partial charge in [-0.1, -0.05) is 31.0 Å². The van der Waals surface area contributed by atoms with Crippen molar-refractivity contribution in [3.63, 3.8) is 0 Å². The molecule has 5 aliphatic rings. The number of sulfonamides is 1. The summed E-state index contributed by atoms with van der Waals surface area (Å²) in [4.78, 5) is 20.7. The van der Waals surface area contributed by atoms with Crippen LogP contribution in [0.1, 0.15) is 80.3 Å². The molecule has 0 unspecified atom stereocenters. The van der Waals surface area contributed by atoms with E-state index in [4.69, 9.17) is 25.8 Å². The summed E-state index contributed by atoms with van der Waals surface area (Å²) in [6.45, 7) is 9.13. The Balaban J connectivity index is 1.17. The molecule has 286 valence electrons. The Morgan fingerprint density at radius 2 is 1.67 bits per heavy atom. The fourth-order valence-electron chi connectivity index (χ4n) is 8.88. The summed E-state index contributed by atoms with van der Waals surface area (Å²) in [5.41, 5.74) is 3.43. The number of nitrogens with zero attached hydrogens (tertiary/aromatic N) is 3. The van der Waals surface area contributed by atoms with Gasteiger partial charge in [0.05, 0.1) is 30.2 Å². The van der Waals surface area contributed by atoms with Crippen LogP contribution in [-0.2, 0) is 32.5 Å². The molecule has 52 heavy (non-hydrogen) atoms. The summed E-state index contributed by atoms with van der Waals surface area (Å²) in [6.07, 6.45) is 7.36. The number of fused-ring (bicyclic) bond motifs is 3. The van der Waals surface area contributed by atoms with Gasteiger partial charge in [-0.05, 0) is 125 Å². The molecule has 4 heterocycles. The lowest BCUT2D eigenvalue weighted by Gasteiger charge is -2.51. The third-order valence-electron chi connectivity index (χ3n) is 12.8. The zero-order valence-electron chi connectivity index (χ0n) is 31.3. The summed E-state index contributed by atoms with van der Waals surface area (Å²) < 4.78 is 49.2. The highest BCUT2D eigenvalue weighted by Crippen LogP contribution is 2.46. The van der Waals surface area contributed by atoms with Gasteiger partial charge < -0.3 is 24.0 Å². The molecule has 4 aliphatic heterocycles. The first kappa shape index (κ1) is 37.9. The maximum Gasteiger partial charge on any atom is 0.264 e. The monoisotopic (exact) mass is 756 g/mol. The van der Waals surface area contributed by atoms with E-state index in [1.807, 2.05) is 37.3 Å². The van der Waals surface area contributed by atoms with Gasteiger partial charge in [-0.15, -0.1) is 0 Å². The van der Waals surface area contributed by atoms with Crippen LogP contribution >= 0.6 is 11.6 Å². The molecule has 1 amide bonds. The van der Waals surface area contributed by atoms with Crippen LogP contribution in [0.15, 0.2) is 36.4 Å². The third-order valence-corrected chi connectivity index (χ3v) is 15.0. The lowest BCUT2D eigenvalue weighted by molar-refractivity contribution is -0.248. The molecule has 2 saturated heterocycles. The number of amides is 1. The zero-order chi connectivity index (χ0) is 36.6. The van der Waals surface area contributed by atoms with E-state index in [2.05, 4.69) is 33.5 Å². The number of aryl methyl sites for hydroxylation is 1. The van der Waals surface area contributed by atoms with E-state index in [0.29, 0.717) is 49.0 Å². The van der Waals surface area contributed by atoms with Gasteiger partial charge in [0.25, 0.3) is 5.91 Å². The van der Waals surface area contributed by atoms with E-state index in [0.717, 1.165) is 93.8 Å². The molecular formula is C40H57ClN4O6S. The summed E-state index contributed by atoms with van der Waals surface area (Å²) in [5.74, 6) is 1.03. The van der Waals surface area contributed by atoms with Gasteiger partial charge in [0.15, 0.2) is 6.29 Å². The molecule has 10 nitrogen and oxygen atoms in total. The topological polar surface area (TPSA) is 101 Å². The van der Waals surface area contributed by atoms with Crippen LogP contribution in [0, 0.1) is 23.7 Å². The quantitative estimate of drug-likeness (QED) is 0.407. The molecular weight excluding hydrogens is 700 g/mol. The summed E-state index contributed by atoms with van der Waals surface area (Å²) in [5, 5.41) is -0.00191. The number of rotatable bonds is 3. The van der Waals surface area contributed by atoms with Crippen LogP contribution < -0.4 is 14.4 Å². The molecule has 0 radical (unpaired) electrons. The Bertz CT molecular complexity index is 1680. The van der Waals surface area contributed by atoms with Gasteiger partial charge in [-0.25, -0.2) is 13.1 Å². The molecule has 5 atom stereocenters. The van der Waals surface area contributed by atoms with Crippen molar-refractivity contribution in [2.75, 3.05) is 58.4 Å². The molecule has 2 aromatic rings. The minimum Gasteiger partial charge on any atom is -0.487 e. The van der Waals surface area contributed by atoms with Crippen LogP contribution in [0.2, 0.25) is 5.02 Å². The van der Waals surface area contributed by atoms with E-state index in [-0.39, 0.29) is 24.2 Å². The zero-order valence-corrected chi connectivity index (χ0v) is 32.8. The second-order valence-corrected chi connectivity index (χ2v) is 18.8. The summed E-state index contributed by atoms with van der Waals surface area (Å²) in [6, 6.07) is 12.2. The number of benzene rings is 2. The maximum absolute atomic E-state index is 13.6. The average molecular weight is 757 g/mol. The van der Waals surface area contributed by atoms with Crippen LogP contribution in [0.4, 0.5) is 5.69 Å². The predicted molar refractivity (Wildman–Crippen MR) is 204 cm³/mol. The van der Waals surface area contributed by atoms with Gasteiger partial charge in [0, 0.05) is 48.7 Å². The van der Waals surface area contributed by atoms with Crippen molar-refractivity contribution in [3.8, 4) is 5.75 Å². The van der Waals surface area contributed by atoms with Crippen molar-refractivity contribution < 1.29 is 27.4 Å². The number of likely N-dealkylation sites (N-methyl/N-ethyl adjacent to an activating group) is 1. The first-order valence-corrected chi connectivity index (χ1v) is 21.4. The fraction of sp³-hybridized carbons (Fsp3) is 0.675. The van der Waals surface area contributed by atoms with E-state index < -0.39 is 21.2 Å². The number of hydrogen-bond donors (Lipinski definition) is 1. The lowest BCUT2D eigenvalue weighted by atomic mass is 9.65. The Morgan fingerprint density at radius 3 is 2.40 bits per heavy atom. The number of ether oxygens (including phenoxy) is 3. The molecule has 2 aromatic carbocycles. The number of anilines is 1. The van der Waals surface area contributed by atoms with E-state index >= 15 is 0 Å². The molecule has 7 rings (SSSR count). The van der Waals surface area contributed by atoms with Gasteiger partial charge in [-0.3, -0.25) is 9.69 Å². The maximum atomic E-state index is 13.6. The first-order chi connectivity index (χ1) is 25.0. The van der Waals surface area contributed by atoms with E-state index in [9.17, 15) is 13.2 Å². The standard InChI is InChI=1S/C40H57ClN4O6S/c1-26-8-7-10-36(40-50-24-34(25-51-40)45-21-33(22-45)43(3)4)35-15-12-30(35)20-44-17-6-5-9-28-18-32(41)14-11-31(28)23-49-38-16-13-29(19-37(38)44)39(46)42-52(47,48)27(26)2/h11,13-14,16,18-19,26-27,30,33-36,40H,5-10,12,15,17,20-25H2,1-4H3,(H,42,46)/t26-,27+,30-,34?,35+,36-,40?/m0/s1. The Labute approximate surface area is 315 Å². The van der Waals surface area contributed by atoms with Gasteiger partial charge in [-0.2, -0.15) is 0 Å². The number of likely N-dealkylation sites (tertiary alicyclic amines) is 1. The largest absolute Gasteiger partial charge is 0.487 e. The molecule has 1 N–H and O–H groups in total. The van der Waals surface area contributed by atoms with Gasteiger partial charge in [0.2, 0.25) is 10.0 Å². The van der Waals surface area contributed by atoms with Gasteiger partial charge >= 0.3 is 0 Å². The van der Waals surface area contributed by atoms with Crippen molar-refractivity contribution in [2.24, 2.45) is 23.7 Å². The molecule has 3 fully saturated rings. The minimum absolute atomic E-state index is 0.126. The second-order valence-electron chi connectivity index (χ2n) is 16.3. The molecule has 2 bridgehead atoms. The predicted octanol–water partition coefficient (Wildman–Crippen LogP) is 5.96. The van der Waals surface area contributed by atoms with Crippen molar-refractivity contribution in [2.45, 2.75) is 95.4 Å². The molecule has 1 aliphatic carbocycles. The van der Waals surface area contributed by atoms with Crippen LogP contribution in [0.5, 0.6) is 5.75 Å². The Kier molecular flexibility index (Phi) is 11.8. The number of hydrogen-bond acceptors (Lipinski definition) is 9. The van der Waals surface area contributed by atoms with E-state index in [1.165, 1.54) is 5.56 Å². The number of carbonyl (C=O) groups excluding carboxylic acids is 1. The SMILES string of the molecule is C[C@@H]1[C@@H](C)CCC[C@H](C2OCC(N3CC(N(C)C)C3)CO2)[C@@H]2CC[C@H]2CN2CCCCc3cc(Cl)ccc3COc3ccc(cc32)C(=O)NS1(=O)=O. The van der Waals surface area contributed by atoms with Crippen molar-refractivity contribution in [3.05, 3.63) is 58.1 Å². The first-order valence-electron chi connectivity index (χ1n) is 19.5. The van der Waals surface area contributed by atoms with Crippen molar-refractivity contribution in [1.29, 1.82) is 0 Å². The highest BCUT2D eigenvalue weighted by molar-refractivity contribution is 7.90. The van der Waals surface area contributed by atoms with E-state index in [1.54, 1.807) is 13.0 Å². The Morgan fingerprint density at radius 1 is 0.885 bits per heavy atom. The normalized spacial score (nSPS) is 32.2. The van der Waals surface area contributed by atoms with Crippen LogP contribution in [0.25, 0.3) is 0 Å². The smallest absolute Gasteiger partial charge is 0.264 e. The van der Waals surface area contributed by atoms with Gasteiger partial charge in [0.1, 0.15) is 12.4 Å². The minimum atomic E-state index is -3.91. The summed E-state index contributed by atoms with van der Waals surface area (Å²) in [7, 11) is 0.371. The third kappa shape index (κ3) is 8.30. The molecule has 0 aromatic heterocycles. The second kappa shape index (κ2) is 16.1.